The summed E-state index contributed by atoms with van der Waals surface area (Å²) in [5.74, 6) is 1.33. The summed E-state index contributed by atoms with van der Waals surface area (Å²) in [4.78, 5) is 14.0. The standard InChI is InChI=1S/C22H20FN5O/c1-27-9-11-28(12-10-27)20-14-18(17-7-2-3-8-19(17)24-20)22-25-21(26-29-22)15-5-4-6-16(23)13-15/h2-8,13-14H,9-12H2,1H3. The Labute approximate surface area is 167 Å². The molecule has 2 aromatic carbocycles. The lowest BCUT2D eigenvalue weighted by Gasteiger charge is -2.33. The molecule has 7 heteroatoms. The van der Waals surface area contributed by atoms with Crippen LogP contribution in [0.1, 0.15) is 0 Å². The highest BCUT2D eigenvalue weighted by Gasteiger charge is 2.20. The van der Waals surface area contributed by atoms with Crippen LogP contribution in [0.25, 0.3) is 33.7 Å². The van der Waals surface area contributed by atoms with Gasteiger partial charge in [-0.15, -0.1) is 0 Å². The van der Waals surface area contributed by atoms with Gasteiger partial charge in [-0.1, -0.05) is 35.5 Å². The molecule has 0 amide bonds. The lowest BCUT2D eigenvalue weighted by atomic mass is 10.1. The zero-order valence-electron chi connectivity index (χ0n) is 16.0. The molecule has 1 saturated heterocycles. The number of hydrogen-bond acceptors (Lipinski definition) is 6. The van der Waals surface area contributed by atoms with Gasteiger partial charge in [-0.2, -0.15) is 4.98 Å². The van der Waals surface area contributed by atoms with E-state index in [-0.39, 0.29) is 5.82 Å². The van der Waals surface area contributed by atoms with Crippen LogP contribution < -0.4 is 4.90 Å². The maximum absolute atomic E-state index is 13.6. The van der Waals surface area contributed by atoms with Gasteiger partial charge >= 0.3 is 0 Å². The first kappa shape index (κ1) is 17.8. The first-order valence-electron chi connectivity index (χ1n) is 9.61. The Hall–Kier alpha value is -3.32. The predicted octanol–water partition coefficient (Wildman–Crippen LogP) is 3.84. The van der Waals surface area contributed by atoms with Crippen molar-refractivity contribution in [2.75, 3.05) is 38.1 Å². The van der Waals surface area contributed by atoms with E-state index >= 15 is 0 Å². The third kappa shape index (κ3) is 3.45. The minimum Gasteiger partial charge on any atom is -0.354 e. The zero-order valence-corrected chi connectivity index (χ0v) is 16.0. The van der Waals surface area contributed by atoms with E-state index in [0.29, 0.717) is 17.3 Å². The SMILES string of the molecule is CN1CCN(c2cc(-c3nc(-c4cccc(F)c4)no3)c3ccccc3n2)CC1. The van der Waals surface area contributed by atoms with Gasteiger partial charge in [0.25, 0.3) is 5.89 Å². The second-order valence-corrected chi connectivity index (χ2v) is 7.27. The van der Waals surface area contributed by atoms with Crippen LogP contribution in [0.5, 0.6) is 0 Å². The molecule has 0 radical (unpaired) electrons. The Balaban J connectivity index is 1.59. The maximum atomic E-state index is 13.6. The number of rotatable bonds is 3. The van der Waals surface area contributed by atoms with Crippen LogP contribution in [0.3, 0.4) is 0 Å². The number of hydrogen-bond donors (Lipinski definition) is 0. The molecule has 3 heterocycles. The highest BCUT2D eigenvalue weighted by Crippen LogP contribution is 2.32. The van der Waals surface area contributed by atoms with E-state index in [1.165, 1.54) is 12.1 Å². The Morgan fingerprint density at radius 3 is 2.59 bits per heavy atom. The van der Waals surface area contributed by atoms with Crippen molar-refractivity contribution < 1.29 is 8.91 Å². The molecule has 0 spiro atoms. The van der Waals surface area contributed by atoms with Crippen molar-refractivity contribution in [1.29, 1.82) is 0 Å². The lowest BCUT2D eigenvalue weighted by Crippen LogP contribution is -2.44. The number of likely N-dealkylation sites (N-methyl/N-ethyl adjacent to an activating group) is 1. The number of benzene rings is 2. The van der Waals surface area contributed by atoms with E-state index in [2.05, 4.69) is 27.0 Å². The van der Waals surface area contributed by atoms with Crippen molar-refractivity contribution in [3.63, 3.8) is 0 Å². The lowest BCUT2D eigenvalue weighted by molar-refractivity contribution is 0.312. The Morgan fingerprint density at radius 2 is 1.76 bits per heavy atom. The summed E-state index contributed by atoms with van der Waals surface area (Å²) in [6, 6.07) is 16.1. The van der Waals surface area contributed by atoms with Gasteiger partial charge in [-0.05, 0) is 31.3 Å². The van der Waals surface area contributed by atoms with Gasteiger partial charge in [0.1, 0.15) is 11.6 Å². The van der Waals surface area contributed by atoms with Crippen molar-refractivity contribution in [3.05, 3.63) is 60.4 Å². The molecule has 5 rings (SSSR count). The fourth-order valence-corrected chi connectivity index (χ4v) is 3.61. The van der Waals surface area contributed by atoms with E-state index in [1.54, 1.807) is 12.1 Å². The maximum Gasteiger partial charge on any atom is 0.259 e. The molecule has 29 heavy (non-hydrogen) atoms. The van der Waals surface area contributed by atoms with Crippen molar-refractivity contribution in [3.8, 4) is 22.8 Å². The summed E-state index contributed by atoms with van der Waals surface area (Å²) in [6.07, 6.45) is 0. The van der Waals surface area contributed by atoms with Crippen LogP contribution in [0.4, 0.5) is 10.2 Å². The quantitative estimate of drug-likeness (QED) is 0.531. The summed E-state index contributed by atoms with van der Waals surface area (Å²) in [7, 11) is 2.13. The van der Waals surface area contributed by atoms with E-state index in [1.807, 2.05) is 30.3 Å². The molecule has 0 aliphatic carbocycles. The van der Waals surface area contributed by atoms with E-state index in [0.717, 1.165) is 48.5 Å². The van der Waals surface area contributed by atoms with Crippen molar-refractivity contribution in [1.82, 2.24) is 20.0 Å². The highest BCUT2D eigenvalue weighted by atomic mass is 19.1. The predicted molar refractivity (Wildman–Crippen MR) is 110 cm³/mol. The van der Waals surface area contributed by atoms with Crippen LogP contribution in [0.2, 0.25) is 0 Å². The molecule has 0 saturated carbocycles. The molecule has 0 atom stereocenters. The minimum atomic E-state index is -0.333. The molecule has 0 unspecified atom stereocenters. The smallest absolute Gasteiger partial charge is 0.259 e. The number of pyridine rings is 1. The molecule has 1 aliphatic heterocycles. The molecule has 0 N–H and O–H groups in total. The molecule has 2 aromatic heterocycles. The van der Waals surface area contributed by atoms with Crippen molar-refractivity contribution in [2.24, 2.45) is 0 Å². The third-order valence-electron chi connectivity index (χ3n) is 5.27. The average molecular weight is 389 g/mol. The van der Waals surface area contributed by atoms with E-state index in [4.69, 9.17) is 9.51 Å². The summed E-state index contributed by atoms with van der Waals surface area (Å²) in [6.45, 7) is 3.82. The first-order chi connectivity index (χ1) is 14.2. The first-order valence-corrected chi connectivity index (χ1v) is 9.61. The van der Waals surface area contributed by atoms with Gasteiger partial charge in [-0.3, -0.25) is 0 Å². The van der Waals surface area contributed by atoms with E-state index in [9.17, 15) is 4.39 Å². The van der Waals surface area contributed by atoms with Crippen LogP contribution in [-0.2, 0) is 0 Å². The van der Waals surface area contributed by atoms with Crippen LogP contribution in [-0.4, -0.2) is 53.3 Å². The fourth-order valence-electron chi connectivity index (χ4n) is 3.61. The summed E-state index contributed by atoms with van der Waals surface area (Å²) < 4.78 is 19.1. The average Bonchev–Trinajstić information content (AvgIpc) is 3.24. The number of para-hydroxylation sites is 1. The number of anilines is 1. The number of fused-ring (bicyclic) bond motifs is 1. The molecule has 1 aliphatic rings. The van der Waals surface area contributed by atoms with E-state index < -0.39 is 0 Å². The second-order valence-electron chi connectivity index (χ2n) is 7.27. The molecule has 146 valence electrons. The number of aromatic nitrogens is 3. The van der Waals surface area contributed by atoms with Crippen molar-refractivity contribution >= 4 is 16.7 Å². The molecular weight excluding hydrogens is 369 g/mol. The molecule has 0 bridgehead atoms. The largest absolute Gasteiger partial charge is 0.354 e. The van der Waals surface area contributed by atoms with Gasteiger partial charge in [-0.25, -0.2) is 9.37 Å². The summed E-state index contributed by atoms with van der Waals surface area (Å²) in [5, 5.41) is 5.01. The van der Waals surface area contributed by atoms with Gasteiger partial charge in [0.2, 0.25) is 5.82 Å². The van der Waals surface area contributed by atoms with Gasteiger partial charge in [0.15, 0.2) is 0 Å². The molecular formula is C22H20FN5O. The van der Waals surface area contributed by atoms with Gasteiger partial charge in [0, 0.05) is 37.1 Å². The zero-order chi connectivity index (χ0) is 19.8. The number of piperazine rings is 1. The Bertz CT molecular complexity index is 1170. The fraction of sp³-hybridized carbons (Fsp3) is 0.227. The molecule has 6 nitrogen and oxygen atoms in total. The van der Waals surface area contributed by atoms with Crippen molar-refractivity contribution in [2.45, 2.75) is 0 Å². The number of halogens is 1. The molecule has 1 fully saturated rings. The second kappa shape index (κ2) is 7.25. The summed E-state index contributed by atoms with van der Waals surface area (Å²) >= 11 is 0. The highest BCUT2D eigenvalue weighted by molar-refractivity contribution is 5.94. The topological polar surface area (TPSA) is 58.3 Å². The normalized spacial score (nSPS) is 15.2. The van der Waals surface area contributed by atoms with Gasteiger partial charge < -0.3 is 14.3 Å². The Morgan fingerprint density at radius 1 is 0.931 bits per heavy atom. The Kier molecular flexibility index (Phi) is 4.44. The monoisotopic (exact) mass is 389 g/mol. The van der Waals surface area contributed by atoms with Gasteiger partial charge in [0.05, 0.1) is 11.1 Å². The van der Waals surface area contributed by atoms with Crippen LogP contribution >= 0.6 is 0 Å². The summed E-state index contributed by atoms with van der Waals surface area (Å²) in [5.41, 5.74) is 2.29. The van der Waals surface area contributed by atoms with Crippen LogP contribution in [0.15, 0.2) is 59.1 Å². The number of nitrogens with zero attached hydrogens (tertiary/aromatic N) is 5. The minimum absolute atomic E-state index is 0.333. The molecule has 4 aromatic rings. The van der Waals surface area contributed by atoms with Crippen LogP contribution in [0, 0.1) is 5.82 Å². The third-order valence-corrected chi connectivity index (χ3v) is 5.27.